The third-order valence-corrected chi connectivity index (χ3v) is 7.04. The Bertz CT molecular complexity index is 1600. The van der Waals surface area contributed by atoms with Gasteiger partial charge in [-0.2, -0.15) is 0 Å². The van der Waals surface area contributed by atoms with Crippen LogP contribution in [0.25, 0.3) is 49.3 Å². The summed E-state index contributed by atoms with van der Waals surface area (Å²) in [5.41, 5.74) is 6.50. The fourth-order valence-electron chi connectivity index (χ4n) is 5.48. The van der Waals surface area contributed by atoms with Gasteiger partial charge in [-0.05, 0) is 36.4 Å². The molecular formula is C29H24N2O. The SMILES string of the molecule is CC1(Cn2c3ccccc3c3cc(-n4c5ccccc5c5ccccc54)ccc32)COC1. The molecule has 0 unspecified atom stereocenters. The Hall–Kier alpha value is -3.56. The lowest BCUT2D eigenvalue weighted by Gasteiger charge is -2.38. The van der Waals surface area contributed by atoms with Gasteiger partial charge in [-0.25, -0.2) is 0 Å². The van der Waals surface area contributed by atoms with Crippen molar-refractivity contribution in [2.24, 2.45) is 5.41 Å². The Morgan fingerprint density at radius 3 is 1.78 bits per heavy atom. The van der Waals surface area contributed by atoms with Crippen LogP contribution >= 0.6 is 0 Å². The number of ether oxygens (including phenoxy) is 1. The first-order valence-electron chi connectivity index (χ1n) is 11.3. The molecule has 0 amide bonds. The smallest absolute Gasteiger partial charge is 0.0559 e. The van der Waals surface area contributed by atoms with Gasteiger partial charge < -0.3 is 13.9 Å². The van der Waals surface area contributed by atoms with E-state index in [2.05, 4.69) is 107 Å². The molecule has 156 valence electrons. The van der Waals surface area contributed by atoms with E-state index < -0.39 is 0 Å². The van der Waals surface area contributed by atoms with Gasteiger partial charge in [0.1, 0.15) is 0 Å². The van der Waals surface area contributed by atoms with Crippen molar-refractivity contribution in [2.45, 2.75) is 13.5 Å². The molecule has 0 radical (unpaired) electrons. The van der Waals surface area contributed by atoms with E-state index in [9.17, 15) is 0 Å². The molecule has 0 atom stereocenters. The summed E-state index contributed by atoms with van der Waals surface area (Å²) in [5, 5.41) is 5.21. The Kier molecular flexibility index (Phi) is 3.65. The minimum Gasteiger partial charge on any atom is -0.380 e. The van der Waals surface area contributed by atoms with E-state index in [1.807, 2.05) is 0 Å². The van der Waals surface area contributed by atoms with E-state index in [4.69, 9.17) is 4.74 Å². The average molecular weight is 417 g/mol. The summed E-state index contributed by atoms with van der Waals surface area (Å²) in [7, 11) is 0. The molecule has 3 heteroatoms. The summed E-state index contributed by atoms with van der Waals surface area (Å²) in [6, 6.07) is 33.1. The first-order chi connectivity index (χ1) is 15.7. The Labute approximate surface area is 186 Å². The molecule has 1 aliphatic rings. The van der Waals surface area contributed by atoms with Gasteiger partial charge in [0.05, 0.1) is 24.2 Å². The zero-order valence-electron chi connectivity index (χ0n) is 18.1. The number of aromatic nitrogens is 2. The summed E-state index contributed by atoms with van der Waals surface area (Å²) >= 11 is 0. The van der Waals surface area contributed by atoms with Crippen molar-refractivity contribution in [2.75, 3.05) is 13.2 Å². The quantitative estimate of drug-likeness (QED) is 0.306. The fraction of sp³-hybridized carbons (Fsp3) is 0.172. The van der Waals surface area contributed by atoms with Gasteiger partial charge in [0.2, 0.25) is 0 Å². The molecule has 0 N–H and O–H groups in total. The van der Waals surface area contributed by atoms with E-state index in [0.29, 0.717) is 0 Å². The highest BCUT2D eigenvalue weighted by molar-refractivity contribution is 6.11. The number of hydrogen-bond donors (Lipinski definition) is 0. The van der Waals surface area contributed by atoms with E-state index in [0.717, 1.165) is 19.8 Å². The molecule has 7 rings (SSSR count). The van der Waals surface area contributed by atoms with Gasteiger partial charge in [-0.1, -0.05) is 61.5 Å². The van der Waals surface area contributed by atoms with Crippen molar-refractivity contribution in [1.82, 2.24) is 9.13 Å². The number of rotatable bonds is 3. The van der Waals surface area contributed by atoms with Crippen LogP contribution in [0.2, 0.25) is 0 Å². The summed E-state index contributed by atoms with van der Waals surface area (Å²) in [4.78, 5) is 0. The van der Waals surface area contributed by atoms with Gasteiger partial charge in [0.25, 0.3) is 0 Å². The van der Waals surface area contributed by atoms with Crippen LogP contribution < -0.4 is 0 Å². The Balaban J connectivity index is 1.52. The lowest BCUT2D eigenvalue weighted by atomic mass is 9.88. The molecule has 1 saturated heterocycles. The van der Waals surface area contributed by atoms with Crippen molar-refractivity contribution < 1.29 is 4.74 Å². The van der Waals surface area contributed by atoms with Crippen LogP contribution in [0.3, 0.4) is 0 Å². The molecule has 0 bridgehead atoms. The van der Waals surface area contributed by atoms with Gasteiger partial charge in [0.15, 0.2) is 0 Å². The summed E-state index contributed by atoms with van der Waals surface area (Å²) < 4.78 is 10.4. The van der Waals surface area contributed by atoms with Crippen LogP contribution in [0, 0.1) is 5.41 Å². The lowest BCUT2D eigenvalue weighted by molar-refractivity contribution is -0.109. The normalized spacial score (nSPS) is 15.7. The van der Waals surface area contributed by atoms with E-state index in [1.165, 1.54) is 49.3 Å². The Morgan fingerprint density at radius 2 is 1.19 bits per heavy atom. The zero-order valence-corrected chi connectivity index (χ0v) is 18.1. The predicted octanol–water partition coefficient (Wildman–Crippen LogP) is 6.93. The third-order valence-electron chi connectivity index (χ3n) is 7.04. The van der Waals surface area contributed by atoms with E-state index in [1.54, 1.807) is 0 Å². The second-order valence-electron chi connectivity index (χ2n) is 9.48. The molecule has 6 aromatic rings. The number of nitrogens with zero attached hydrogens (tertiary/aromatic N) is 2. The maximum atomic E-state index is 5.54. The largest absolute Gasteiger partial charge is 0.380 e. The maximum absolute atomic E-state index is 5.54. The first kappa shape index (κ1) is 18.1. The topological polar surface area (TPSA) is 19.1 Å². The Morgan fingerprint density at radius 1 is 0.656 bits per heavy atom. The van der Waals surface area contributed by atoms with Gasteiger partial charge in [-0.15, -0.1) is 0 Å². The zero-order chi connectivity index (χ0) is 21.3. The molecule has 4 aromatic carbocycles. The molecule has 0 saturated carbocycles. The highest BCUT2D eigenvalue weighted by Crippen LogP contribution is 2.37. The van der Waals surface area contributed by atoms with Gasteiger partial charge >= 0.3 is 0 Å². The molecular weight excluding hydrogens is 392 g/mol. The van der Waals surface area contributed by atoms with Crippen LogP contribution in [0.1, 0.15) is 6.92 Å². The second-order valence-corrected chi connectivity index (χ2v) is 9.48. The molecule has 2 aromatic heterocycles. The molecule has 3 heterocycles. The monoisotopic (exact) mass is 416 g/mol. The maximum Gasteiger partial charge on any atom is 0.0559 e. The summed E-state index contributed by atoms with van der Waals surface area (Å²) in [5.74, 6) is 0. The second kappa shape index (κ2) is 6.47. The van der Waals surface area contributed by atoms with Crippen LogP contribution in [0.5, 0.6) is 0 Å². The highest BCUT2D eigenvalue weighted by atomic mass is 16.5. The van der Waals surface area contributed by atoms with Crippen molar-refractivity contribution in [3.05, 3.63) is 91.0 Å². The van der Waals surface area contributed by atoms with Crippen molar-refractivity contribution in [1.29, 1.82) is 0 Å². The first-order valence-corrected chi connectivity index (χ1v) is 11.3. The molecule has 32 heavy (non-hydrogen) atoms. The predicted molar refractivity (Wildman–Crippen MR) is 133 cm³/mol. The minimum absolute atomic E-state index is 0.209. The summed E-state index contributed by atoms with van der Waals surface area (Å²) in [6.07, 6.45) is 0. The highest BCUT2D eigenvalue weighted by Gasteiger charge is 2.34. The van der Waals surface area contributed by atoms with E-state index in [-0.39, 0.29) is 5.41 Å². The number of benzene rings is 4. The summed E-state index contributed by atoms with van der Waals surface area (Å²) in [6.45, 7) is 4.97. The van der Waals surface area contributed by atoms with Gasteiger partial charge in [-0.3, -0.25) is 0 Å². The molecule has 3 nitrogen and oxygen atoms in total. The lowest BCUT2D eigenvalue weighted by Crippen LogP contribution is -2.43. The van der Waals surface area contributed by atoms with Crippen LogP contribution in [-0.2, 0) is 11.3 Å². The standard InChI is InChI=1S/C29H24N2O/c1-29(18-32-19-29)17-30-25-11-5-2-10-23(25)24-16-20(14-15-26(24)30)31-27-12-6-3-8-21(27)22-9-4-7-13-28(22)31/h2-16H,17-19H2,1H3. The van der Waals surface area contributed by atoms with Crippen LogP contribution in [0.4, 0.5) is 0 Å². The third kappa shape index (κ3) is 2.46. The molecule has 0 spiro atoms. The van der Waals surface area contributed by atoms with Crippen LogP contribution in [-0.4, -0.2) is 22.3 Å². The van der Waals surface area contributed by atoms with Crippen molar-refractivity contribution >= 4 is 43.6 Å². The number of para-hydroxylation sites is 3. The molecule has 1 fully saturated rings. The van der Waals surface area contributed by atoms with E-state index >= 15 is 0 Å². The molecule has 1 aliphatic heterocycles. The number of fused-ring (bicyclic) bond motifs is 6. The van der Waals surface area contributed by atoms with Crippen molar-refractivity contribution in [3.8, 4) is 5.69 Å². The number of hydrogen-bond acceptors (Lipinski definition) is 1. The van der Waals surface area contributed by atoms with Crippen LogP contribution in [0.15, 0.2) is 91.0 Å². The average Bonchev–Trinajstić information content (AvgIpc) is 3.31. The fourth-order valence-corrected chi connectivity index (χ4v) is 5.48. The molecule has 0 aliphatic carbocycles. The minimum atomic E-state index is 0.209. The van der Waals surface area contributed by atoms with Crippen molar-refractivity contribution in [3.63, 3.8) is 0 Å². The van der Waals surface area contributed by atoms with Gasteiger partial charge in [0, 0.05) is 50.2 Å².